The van der Waals surface area contributed by atoms with Crippen LogP contribution in [0.5, 0.6) is 5.88 Å². The van der Waals surface area contributed by atoms with Crippen LogP contribution in [0.15, 0.2) is 12.1 Å². The van der Waals surface area contributed by atoms with E-state index < -0.39 is 0 Å². The van der Waals surface area contributed by atoms with Crippen LogP contribution in [0.4, 0.5) is 0 Å². The van der Waals surface area contributed by atoms with Crippen molar-refractivity contribution in [1.82, 2.24) is 10.3 Å². The molecule has 1 fully saturated rings. The molecule has 0 amide bonds. The van der Waals surface area contributed by atoms with Gasteiger partial charge in [-0.1, -0.05) is 31.9 Å². The lowest BCUT2D eigenvalue weighted by molar-refractivity contribution is 0.148. The van der Waals surface area contributed by atoms with E-state index in [0.29, 0.717) is 29.6 Å². The number of rotatable bonds is 5. The van der Waals surface area contributed by atoms with Crippen LogP contribution in [0.2, 0.25) is 5.02 Å². The molecule has 3 nitrogen and oxygen atoms in total. The fourth-order valence-corrected chi connectivity index (χ4v) is 2.48. The Hall–Kier alpha value is -0.800. The molecule has 1 N–H and O–H groups in total. The Kier molecular flexibility index (Phi) is 5.46. The molecule has 1 aromatic heterocycles. The number of aromatic nitrogens is 1. The summed E-state index contributed by atoms with van der Waals surface area (Å²) in [4.78, 5) is 4.52. The summed E-state index contributed by atoms with van der Waals surface area (Å²) < 4.78 is 5.96. The van der Waals surface area contributed by atoms with Gasteiger partial charge in [-0.2, -0.15) is 0 Å². The molecule has 1 heterocycles. The summed E-state index contributed by atoms with van der Waals surface area (Å²) in [5.41, 5.74) is 0.865. The third-order valence-corrected chi connectivity index (χ3v) is 3.75. The largest absolute Gasteiger partial charge is 0.474 e. The maximum atomic E-state index is 6.16. The molecule has 1 aromatic rings. The van der Waals surface area contributed by atoms with E-state index >= 15 is 0 Å². The average molecular weight is 283 g/mol. The van der Waals surface area contributed by atoms with Crippen molar-refractivity contribution < 1.29 is 4.74 Å². The molecule has 1 aliphatic rings. The van der Waals surface area contributed by atoms with Crippen molar-refractivity contribution >= 4 is 11.6 Å². The smallest absolute Gasteiger partial charge is 0.213 e. The minimum Gasteiger partial charge on any atom is -0.474 e. The van der Waals surface area contributed by atoms with Gasteiger partial charge < -0.3 is 10.1 Å². The Bertz CT molecular complexity index is 403. The second-order valence-electron chi connectivity index (χ2n) is 5.49. The van der Waals surface area contributed by atoms with Crippen molar-refractivity contribution in [3.05, 3.63) is 22.8 Å². The van der Waals surface area contributed by atoms with Crippen LogP contribution in [-0.4, -0.2) is 17.1 Å². The number of nitrogens with one attached hydrogen (secondary N) is 1. The Morgan fingerprint density at radius 1 is 1.32 bits per heavy atom. The van der Waals surface area contributed by atoms with Gasteiger partial charge in [0.15, 0.2) is 0 Å². The fraction of sp³-hybridized carbons (Fsp3) is 0.667. The lowest BCUT2D eigenvalue weighted by Gasteiger charge is -2.22. The number of nitrogens with zero attached hydrogens (tertiary/aromatic N) is 1. The number of hydrogen-bond donors (Lipinski definition) is 1. The van der Waals surface area contributed by atoms with Crippen molar-refractivity contribution in [2.75, 3.05) is 0 Å². The molecular weight excluding hydrogens is 260 g/mol. The van der Waals surface area contributed by atoms with Crippen LogP contribution in [0, 0.1) is 0 Å². The molecule has 0 radical (unpaired) electrons. The molecule has 0 atom stereocenters. The van der Waals surface area contributed by atoms with Crippen LogP contribution in [-0.2, 0) is 6.54 Å². The third kappa shape index (κ3) is 4.66. The Labute approximate surface area is 120 Å². The van der Waals surface area contributed by atoms with Crippen LogP contribution >= 0.6 is 11.6 Å². The molecule has 1 saturated carbocycles. The number of halogens is 1. The zero-order chi connectivity index (χ0) is 13.7. The van der Waals surface area contributed by atoms with Crippen molar-refractivity contribution in [1.29, 1.82) is 0 Å². The highest BCUT2D eigenvalue weighted by atomic mass is 35.5. The monoisotopic (exact) mass is 282 g/mol. The van der Waals surface area contributed by atoms with Gasteiger partial charge in [0.2, 0.25) is 5.88 Å². The van der Waals surface area contributed by atoms with Crippen molar-refractivity contribution in [2.24, 2.45) is 0 Å². The molecule has 0 aromatic carbocycles. The van der Waals surface area contributed by atoms with E-state index in [4.69, 9.17) is 16.3 Å². The lowest BCUT2D eigenvalue weighted by Crippen LogP contribution is -2.23. The first-order valence-corrected chi connectivity index (χ1v) is 7.58. The molecule has 0 unspecified atom stereocenters. The zero-order valence-corrected chi connectivity index (χ0v) is 12.5. The van der Waals surface area contributed by atoms with Gasteiger partial charge in [0, 0.05) is 18.7 Å². The number of ether oxygens (including phenoxy) is 1. The van der Waals surface area contributed by atoms with Gasteiger partial charge in [-0.15, -0.1) is 0 Å². The molecule has 106 valence electrons. The van der Waals surface area contributed by atoms with Gasteiger partial charge in [-0.3, -0.25) is 0 Å². The van der Waals surface area contributed by atoms with Crippen LogP contribution in [0.25, 0.3) is 0 Å². The first-order chi connectivity index (χ1) is 9.15. The molecule has 0 bridgehead atoms. The van der Waals surface area contributed by atoms with Crippen LogP contribution in [0.1, 0.15) is 51.6 Å². The molecule has 19 heavy (non-hydrogen) atoms. The predicted molar refractivity (Wildman–Crippen MR) is 78.7 cm³/mol. The quantitative estimate of drug-likeness (QED) is 0.888. The highest BCUT2D eigenvalue weighted by Crippen LogP contribution is 2.24. The molecule has 0 saturated heterocycles. The maximum Gasteiger partial charge on any atom is 0.213 e. The van der Waals surface area contributed by atoms with Crippen molar-refractivity contribution in [2.45, 2.75) is 64.6 Å². The van der Waals surface area contributed by atoms with E-state index in [1.54, 1.807) is 0 Å². The van der Waals surface area contributed by atoms with E-state index in [1.165, 1.54) is 19.3 Å². The first-order valence-electron chi connectivity index (χ1n) is 7.20. The van der Waals surface area contributed by atoms with E-state index in [9.17, 15) is 0 Å². The summed E-state index contributed by atoms with van der Waals surface area (Å²) in [5.74, 6) is 0.705. The minimum absolute atomic E-state index is 0.327. The minimum atomic E-state index is 0.327. The summed E-state index contributed by atoms with van der Waals surface area (Å²) >= 11 is 6.16. The SMILES string of the molecule is CC(C)NCc1nc(OC2CCCCC2)ccc1Cl. The lowest BCUT2D eigenvalue weighted by atomic mass is 9.98. The highest BCUT2D eigenvalue weighted by Gasteiger charge is 2.16. The zero-order valence-electron chi connectivity index (χ0n) is 11.8. The standard InChI is InChI=1S/C15H23ClN2O/c1-11(2)17-10-14-13(16)8-9-15(18-14)19-12-6-4-3-5-7-12/h8-9,11-12,17H,3-7,10H2,1-2H3. The molecule has 1 aliphatic carbocycles. The first kappa shape index (κ1) is 14.6. The highest BCUT2D eigenvalue weighted by molar-refractivity contribution is 6.31. The fourth-order valence-electron chi connectivity index (χ4n) is 2.31. The van der Waals surface area contributed by atoms with Crippen molar-refractivity contribution in [3.63, 3.8) is 0 Å². The van der Waals surface area contributed by atoms with Crippen LogP contribution in [0.3, 0.4) is 0 Å². The van der Waals surface area contributed by atoms with E-state index in [0.717, 1.165) is 18.5 Å². The third-order valence-electron chi connectivity index (χ3n) is 3.41. The molecule has 2 rings (SSSR count). The molecule has 0 aliphatic heterocycles. The average Bonchev–Trinajstić information content (AvgIpc) is 2.40. The van der Waals surface area contributed by atoms with Gasteiger partial charge in [-0.25, -0.2) is 4.98 Å². The van der Waals surface area contributed by atoms with E-state index in [-0.39, 0.29) is 0 Å². The summed E-state index contributed by atoms with van der Waals surface area (Å²) in [6.07, 6.45) is 6.47. The summed E-state index contributed by atoms with van der Waals surface area (Å²) in [7, 11) is 0. The molecular formula is C15H23ClN2O. The maximum absolute atomic E-state index is 6.16. The second-order valence-corrected chi connectivity index (χ2v) is 5.90. The summed E-state index contributed by atoms with van der Waals surface area (Å²) in [5, 5.41) is 4.03. The van der Waals surface area contributed by atoms with Crippen LogP contribution < -0.4 is 10.1 Å². The van der Waals surface area contributed by atoms with E-state index in [1.807, 2.05) is 12.1 Å². The van der Waals surface area contributed by atoms with Gasteiger partial charge in [0.05, 0.1) is 10.7 Å². The van der Waals surface area contributed by atoms with E-state index in [2.05, 4.69) is 24.1 Å². The predicted octanol–water partition coefficient (Wildman–Crippen LogP) is 3.94. The topological polar surface area (TPSA) is 34.2 Å². The summed E-state index contributed by atoms with van der Waals surface area (Å²) in [6.45, 7) is 4.89. The molecule has 0 spiro atoms. The summed E-state index contributed by atoms with van der Waals surface area (Å²) in [6, 6.07) is 4.17. The Morgan fingerprint density at radius 2 is 2.05 bits per heavy atom. The van der Waals surface area contributed by atoms with Gasteiger partial charge in [-0.05, 0) is 31.7 Å². The normalized spacial score (nSPS) is 16.8. The number of pyridine rings is 1. The van der Waals surface area contributed by atoms with Gasteiger partial charge >= 0.3 is 0 Å². The van der Waals surface area contributed by atoms with Gasteiger partial charge in [0.25, 0.3) is 0 Å². The Morgan fingerprint density at radius 3 is 2.74 bits per heavy atom. The van der Waals surface area contributed by atoms with Gasteiger partial charge in [0.1, 0.15) is 6.10 Å². The Balaban J connectivity index is 1.98. The molecule has 4 heteroatoms. The second kappa shape index (κ2) is 7.11. The van der Waals surface area contributed by atoms with Crippen molar-refractivity contribution in [3.8, 4) is 5.88 Å². The number of hydrogen-bond acceptors (Lipinski definition) is 3.